The average Bonchev–Trinajstić information content (AvgIpc) is 2.66. The highest BCUT2D eigenvalue weighted by molar-refractivity contribution is 5.68. The second kappa shape index (κ2) is 3.62. The molecular formula is C10H8F3N3. The third-order valence-electron chi connectivity index (χ3n) is 2.23. The van der Waals surface area contributed by atoms with Crippen LogP contribution < -0.4 is 0 Å². The van der Waals surface area contributed by atoms with Crippen LogP contribution in [0.5, 0.6) is 0 Å². The first-order chi connectivity index (χ1) is 7.50. The summed E-state index contributed by atoms with van der Waals surface area (Å²) in [6, 6.07) is 1.54. The molecule has 0 atom stereocenters. The Morgan fingerprint density at radius 3 is 2.56 bits per heavy atom. The molecule has 0 saturated heterocycles. The number of aromatic nitrogens is 3. The lowest BCUT2D eigenvalue weighted by atomic mass is 10.0. The zero-order valence-electron chi connectivity index (χ0n) is 8.34. The Labute approximate surface area is 89.3 Å². The highest BCUT2D eigenvalue weighted by atomic mass is 19.4. The summed E-state index contributed by atoms with van der Waals surface area (Å²) >= 11 is 0. The summed E-state index contributed by atoms with van der Waals surface area (Å²) in [6.45, 7) is 1.70. The lowest BCUT2D eigenvalue weighted by Gasteiger charge is -2.08. The predicted octanol–water partition coefficient (Wildman–Crippen LogP) is 2.80. The van der Waals surface area contributed by atoms with Gasteiger partial charge in [0, 0.05) is 18.0 Å². The van der Waals surface area contributed by atoms with Gasteiger partial charge in [0.05, 0.1) is 6.20 Å². The van der Waals surface area contributed by atoms with Gasteiger partial charge >= 0.3 is 6.18 Å². The Hall–Kier alpha value is -1.85. The van der Waals surface area contributed by atoms with E-state index in [4.69, 9.17) is 0 Å². The van der Waals surface area contributed by atoms with Crippen molar-refractivity contribution in [1.82, 2.24) is 15.2 Å². The van der Waals surface area contributed by atoms with Crippen molar-refractivity contribution < 1.29 is 13.2 Å². The van der Waals surface area contributed by atoms with Crippen LogP contribution in [0.2, 0.25) is 0 Å². The van der Waals surface area contributed by atoms with Crippen molar-refractivity contribution in [2.75, 3.05) is 0 Å². The molecule has 0 amide bonds. The number of alkyl halides is 3. The third-order valence-corrected chi connectivity index (χ3v) is 2.23. The summed E-state index contributed by atoms with van der Waals surface area (Å²) in [7, 11) is 0. The van der Waals surface area contributed by atoms with Crippen LogP contribution in [0.4, 0.5) is 13.2 Å². The first-order valence-electron chi connectivity index (χ1n) is 4.51. The van der Waals surface area contributed by atoms with E-state index in [9.17, 15) is 13.2 Å². The molecule has 0 aromatic carbocycles. The number of hydrogen-bond acceptors (Lipinski definition) is 2. The maximum atomic E-state index is 12.6. The van der Waals surface area contributed by atoms with E-state index in [2.05, 4.69) is 10.1 Å². The van der Waals surface area contributed by atoms with Crippen molar-refractivity contribution in [1.29, 1.82) is 0 Å². The topological polar surface area (TPSA) is 41.6 Å². The van der Waals surface area contributed by atoms with E-state index in [-0.39, 0.29) is 5.56 Å². The maximum absolute atomic E-state index is 12.6. The fraction of sp³-hybridized carbons (Fsp3) is 0.200. The molecule has 0 aliphatic heterocycles. The van der Waals surface area contributed by atoms with Gasteiger partial charge in [-0.15, -0.1) is 0 Å². The third kappa shape index (κ3) is 1.78. The molecule has 0 unspecified atom stereocenters. The lowest BCUT2D eigenvalue weighted by molar-refractivity contribution is -0.140. The summed E-state index contributed by atoms with van der Waals surface area (Å²) in [6.07, 6.45) is -0.287. The number of nitrogens with zero attached hydrogens (tertiary/aromatic N) is 2. The number of nitrogens with one attached hydrogen (secondary N) is 1. The summed E-state index contributed by atoms with van der Waals surface area (Å²) in [5, 5.41) is 5.42. The zero-order chi connectivity index (χ0) is 11.8. The quantitative estimate of drug-likeness (QED) is 0.813. The van der Waals surface area contributed by atoms with Gasteiger partial charge in [0.15, 0.2) is 0 Å². The predicted molar refractivity (Wildman–Crippen MR) is 51.6 cm³/mol. The molecule has 2 aromatic heterocycles. The fourth-order valence-electron chi connectivity index (χ4n) is 1.48. The summed E-state index contributed by atoms with van der Waals surface area (Å²) < 4.78 is 37.8. The molecular weight excluding hydrogens is 219 g/mol. The van der Waals surface area contributed by atoms with Gasteiger partial charge in [-0.05, 0) is 24.1 Å². The lowest BCUT2D eigenvalue weighted by Crippen LogP contribution is -2.07. The minimum Gasteiger partial charge on any atom is -0.273 e. The van der Waals surface area contributed by atoms with Gasteiger partial charge in [0.1, 0.15) is 5.69 Å². The van der Waals surface area contributed by atoms with Crippen LogP contribution in [0.3, 0.4) is 0 Å². The molecule has 16 heavy (non-hydrogen) atoms. The van der Waals surface area contributed by atoms with E-state index < -0.39 is 11.9 Å². The summed E-state index contributed by atoms with van der Waals surface area (Å²) in [4.78, 5) is 3.83. The van der Waals surface area contributed by atoms with Gasteiger partial charge in [-0.3, -0.25) is 10.1 Å². The van der Waals surface area contributed by atoms with Crippen LogP contribution in [0, 0.1) is 6.92 Å². The molecule has 0 saturated carbocycles. The molecule has 2 aromatic rings. The van der Waals surface area contributed by atoms with Crippen molar-refractivity contribution in [3.8, 4) is 11.1 Å². The first kappa shape index (κ1) is 10.7. The fourth-order valence-corrected chi connectivity index (χ4v) is 1.48. The molecule has 84 valence electrons. The van der Waals surface area contributed by atoms with Crippen LogP contribution >= 0.6 is 0 Å². The van der Waals surface area contributed by atoms with Crippen molar-refractivity contribution in [2.24, 2.45) is 0 Å². The molecule has 0 aliphatic carbocycles. The molecule has 2 rings (SSSR count). The Bertz CT molecular complexity index is 502. The van der Waals surface area contributed by atoms with E-state index >= 15 is 0 Å². The molecule has 1 N–H and O–H groups in total. The van der Waals surface area contributed by atoms with E-state index in [0.717, 1.165) is 0 Å². The van der Waals surface area contributed by atoms with Crippen LogP contribution in [0.1, 0.15) is 11.3 Å². The molecule has 6 heteroatoms. The minimum absolute atomic E-state index is 0.0485. The van der Waals surface area contributed by atoms with Gasteiger partial charge in [-0.2, -0.15) is 18.3 Å². The average molecular weight is 227 g/mol. The first-order valence-corrected chi connectivity index (χ1v) is 4.51. The van der Waals surface area contributed by atoms with Crippen molar-refractivity contribution in [3.63, 3.8) is 0 Å². The van der Waals surface area contributed by atoms with Crippen molar-refractivity contribution in [3.05, 3.63) is 35.9 Å². The molecule has 0 radical (unpaired) electrons. The zero-order valence-corrected chi connectivity index (χ0v) is 8.34. The Kier molecular flexibility index (Phi) is 2.41. The second-order valence-corrected chi connectivity index (χ2v) is 3.35. The van der Waals surface area contributed by atoms with E-state index in [1.807, 2.05) is 5.10 Å². The standard InChI is InChI=1S/C10H8F3N3/c1-6-4-14-3-2-7(6)8-5-15-16-9(8)10(11,12)13/h2-5H,1H3,(H,15,16). The van der Waals surface area contributed by atoms with Crippen molar-refractivity contribution >= 4 is 0 Å². The monoisotopic (exact) mass is 227 g/mol. The van der Waals surface area contributed by atoms with E-state index in [1.165, 1.54) is 24.7 Å². The highest BCUT2D eigenvalue weighted by Gasteiger charge is 2.36. The smallest absolute Gasteiger partial charge is 0.273 e. The summed E-state index contributed by atoms with van der Waals surface area (Å²) in [5.74, 6) is 0. The molecule has 0 bridgehead atoms. The number of rotatable bonds is 1. The molecule has 0 fully saturated rings. The molecule has 0 spiro atoms. The highest BCUT2D eigenvalue weighted by Crippen LogP contribution is 2.35. The Morgan fingerprint density at radius 1 is 1.19 bits per heavy atom. The Morgan fingerprint density at radius 2 is 1.94 bits per heavy atom. The van der Waals surface area contributed by atoms with Crippen molar-refractivity contribution in [2.45, 2.75) is 13.1 Å². The van der Waals surface area contributed by atoms with Gasteiger partial charge in [0.2, 0.25) is 0 Å². The van der Waals surface area contributed by atoms with Gasteiger partial charge < -0.3 is 0 Å². The van der Waals surface area contributed by atoms with Crippen LogP contribution in [0.15, 0.2) is 24.7 Å². The number of pyridine rings is 1. The van der Waals surface area contributed by atoms with Gasteiger partial charge in [-0.25, -0.2) is 0 Å². The van der Waals surface area contributed by atoms with Crippen LogP contribution in [0.25, 0.3) is 11.1 Å². The number of H-pyrrole nitrogens is 1. The SMILES string of the molecule is Cc1cnccc1-c1cn[nH]c1C(F)(F)F. The Balaban J connectivity index is 2.58. The molecule has 2 heterocycles. The number of hydrogen-bond donors (Lipinski definition) is 1. The van der Waals surface area contributed by atoms with Crippen LogP contribution in [-0.2, 0) is 6.18 Å². The number of aromatic amines is 1. The number of aryl methyl sites for hydroxylation is 1. The minimum atomic E-state index is -4.43. The maximum Gasteiger partial charge on any atom is 0.433 e. The normalized spacial score (nSPS) is 11.8. The van der Waals surface area contributed by atoms with E-state index in [0.29, 0.717) is 11.1 Å². The second-order valence-electron chi connectivity index (χ2n) is 3.35. The van der Waals surface area contributed by atoms with E-state index in [1.54, 1.807) is 6.92 Å². The molecule has 3 nitrogen and oxygen atoms in total. The molecule has 0 aliphatic rings. The van der Waals surface area contributed by atoms with Gasteiger partial charge in [-0.1, -0.05) is 0 Å². The van der Waals surface area contributed by atoms with Crippen LogP contribution in [-0.4, -0.2) is 15.2 Å². The van der Waals surface area contributed by atoms with Gasteiger partial charge in [0.25, 0.3) is 0 Å². The largest absolute Gasteiger partial charge is 0.433 e. The summed E-state index contributed by atoms with van der Waals surface area (Å²) in [5.41, 5.74) is 0.375. The number of halogens is 3.